The van der Waals surface area contributed by atoms with E-state index in [-0.39, 0.29) is 6.07 Å². The molecule has 5 rings (SSSR count). The van der Waals surface area contributed by atoms with Gasteiger partial charge in [0.05, 0.1) is 16.8 Å². The summed E-state index contributed by atoms with van der Waals surface area (Å²) < 4.78 is 90.4. The van der Waals surface area contributed by atoms with Crippen molar-refractivity contribution in [2.45, 2.75) is 37.4 Å². The zero-order valence-corrected chi connectivity index (χ0v) is 22.4. The third-order valence-electron chi connectivity index (χ3n) is 7.21. The number of anilines is 2. The van der Waals surface area contributed by atoms with Gasteiger partial charge in [-0.2, -0.15) is 26.3 Å². The van der Waals surface area contributed by atoms with Gasteiger partial charge in [-0.3, -0.25) is 9.69 Å². The zero-order chi connectivity index (χ0) is 31.0. The fraction of sp³-hybridized carbons (Fsp3) is 0.188. The highest BCUT2D eigenvalue weighted by Gasteiger charge is 2.55. The van der Waals surface area contributed by atoms with E-state index in [2.05, 4.69) is 0 Å². The molecule has 0 radical (unpaired) electrons. The number of ether oxygens (including phenoxy) is 2. The standard InChI is InChI=1S/C32H23F6NO4/c1-30(25-14-8-9-15-26(25)39(28(30)40)24-12-6-3-7-13-24)27(21-10-4-2-5-11-21)43-29(41)42-19-20-16-22(31(33,34)35)18-23(17-20)32(36,37)38/h2-18,27H,19H2,1H3/t27-,30+/m0/s1. The van der Waals surface area contributed by atoms with Crippen molar-refractivity contribution in [2.75, 3.05) is 4.90 Å². The van der Waals surface area contributed by atoms with Crippen LogP contribution in [-0.2, 0) is 38.6 Å². The lowest BCUT2D eigenvalue weighted by Gasteiger charge is -2.33. The minimum absolute atomic E-state index is 0.0181. The van der Waals surface area contributed by atoms with Gasteiger partial charge in [0.15, 0.2) is 0 Å². The minimum atomic E-state index is -5.07. The quantitative estimate of drug-likeness (QED) is 0.164. The largest absolute Gasteiger partial charge is 0.509 e. The lowest BCUT2D eigenvalue weighted by atomic mass is 9.75. The van der Waals surface area contributed by atoms with Crippen molar-refractivity contribution in [3.05, 3.63) is 131 Å². The summed E-state index contributed by atoms with van der Waals surface area (Å²) >= 11 is 0. The van der Waals surface area contributed by atoms with Crippen LogP contribution in [-0.4, -0.2) is 12.1 Å². The Morgan fingerprint density at radius 3 is 1.91 bits per heavy atom. The second-order valence-electron chi connectivity index (χ2n) is 10.1. The van der Waals surface area contributed by atoms with Gasteiger partial charge in [0, 0.05) is 5.69 Å². The van der Waals surface area contributed by atoms with E-state index >= 15 is 0 Å². The molecule has 0 fully saturated rings. The lowest BCUT2D eigenvalue weighted by molar-refractivity contribution is -0.143. The number of rotatable bonds is 6. The number of fused-ring (bicyclic) bond motifs is 1. The Balaban J connectivity index is 1.48. The van der Waals surface area contributed by atoms with Crippen LogP contribution in [0.1, 0.15) is 40.8 Å². The average molecular weight is 600 g/mol. The van der Waals surface area contributed by atoms with E-state index in [1.807, 2.05) is 0 Å². The van der Waals surface area contributed by atoms with Crippen molar-refractivity contribution in [1.82, 2.24) is 0 Å². The molecule has 0 unspecified atom stereocenters. The number of halogens is 6. The molecule has 0 aliphatic carbocycles. The van der Waals surface area contributed by atoms with Crippen molar-refractivity contribution >= 4 is 23.4 Å². The van der Waals surface area contributed by atoms with Crippen molar-refractivity contribution < 1.29 is 45.4 Å². The molecule has 0 saturated carbocycles. The molecule has 4 aromatic carbocycles. The number of alkyl halides is 6. The molecule has 43 heavy (non-hydrogen) atoms. The van der Waals surface area contributed by atoms with E-state index in [9.17, 15) is 35.9 Å². The Hall–Kier alpha value is -4.80. The highest BCUT2D eigenvalue weighted by Crippen LogP contribution is 2.52. The van der Waals surface area contributed by atoms with E-state index < -0.39 is 59.2 Å². The van der Waals surface area contributed by atoms with Crippen molar-refractivity contribution in [1.29, 1.82) is 0 Å². The molecule has 1 heterocycles. The molecule has 0 N–H and O–H groups in total. The van der Waals surface area contributed by atoms with Crippen LogP contribution in [0.15, 0.2) is 103 Å². The summed E-state index contributed by atoms with van der Waals surface area (Å²) in [6, 6.07) is 25.0. The zero-order valence-electron chi connectivity index (χ0n) is 22.4. The Morgan fingerprint density at radius 2 is 1.33 bits per heavy atom. The SMILES string of the molecule is C[C@@]1([C@@H](OC(=O)OCc2cc(C(F)(F)F)cc(C(F)(F)F)c2)c2ccccc2)C(=O)N(c2ccccc2)c2ccccc21. The molecule has 11 heteroatoms. The summed E-state index contributed by atoms with van der Waals surface area (Å²) in [5.74, 6) is -0.422. The first-order chi connectivity index (χ1) is 20.3. The fourth-order valence-electron chi connectivity index (χ4n) is 5.17. The Kier molecular flexibility index (Phi) is 7.68. The number of benzene rings is 4. The molecule has 0 aromatic heterocycles. The average Bonchev–Trinajstić information content (AvgIpc) is 3.21. The number of nitrogens with zero attached hydrogens (tertiary/aromatic N) is 1. The molecular weight excluding hydrogens is 576 g/mol. The van der Waals surface area contributed by atoms with Gasteiger partial charge >= 0.3 is 18.5 Å². The predicted molar refractivity (Wildman–Crippen MR) is 144 cm³/mol. The van der Waals surface area contributed by atoms with Crippen LogP contribution < -0.4 is 4.90 Å². The first-order valence-corrected chi connectivity index (χ1v) is 13.0. The number of carbonyl (C=O) groups excluding carboxylic acids is 2. The van der Waals surface area contributed by atoms with Crippen LogP contribution in [0.5, 0.6) is 0 Å². The molecule has 5 nitrogen and oxygen atoms in total. The number of hydrogen-bond acceptors (Lipinski definition) is 4. The van der Waals surface area contributed by atoms with Crippen LogP contribution in [0.25, 0.3) is 0 Å². The molecule has 4 aromatic rings. The summed E-state index contributed by atoms with van der Waals surface area (Å²) in [6.07, 6.45) is -12.8. The molecule has 1 amide bonds. The third-order valence-corrected chi connectivity index (χ3v) is 7.21. The van der Waals surface area contributed by atoms with Crippen molar-refractivity contribution in [3.63, 3.8) is 0 Å². The molecular formula is C32H23F6NO4. The summed E-state index contributed by atoms with van der Waals surface area (Å²) in [4.78, 5) is 28.7. The maximum atomic E-state index is 14.2. The summed E-state index contributed by atoms with van der Waals surface area (Å²) in [7, 11) is 0. The monoisotopic (exact) mass is 599 g/mol. The smallest absolute Gasteiger partial charge is 0.429 e. The number of hydrogen-bond donors (Lipinski definition) is 0. The highest BCUT2D eigenvalue weighted by molar-refractivity contribution is 6.13. The summed E-state index contributed by atoms with van der Waals surface area (Å²) in [5, 5.41) is 0. The number of carbonyl (C=O) groups is 2. The Labute approximate surface area is 242 Å². The van der Waals surface area contributed by atoms with Crippen LogP contribution >= 0.6 is 0 Å². The molecule has 1 aliphatic rings. The fourth-order valence-corrected chi connectivity index (χ4v) is 5.17. The van der Waals surface area contributed by atoms with Crippen molar-refractivity contribution in [2.24, 2.45) is 0 Å². The van der Waals surface area contributed by atoms with Gasteiger partial charge in [0.25, 0.3) is 0 Å². The minimum Gasteiger partial charge on any atom is -0.429 e. The second-order valence-corrected chi connectivity index (χ2v) is 10.1. The lowest BCUT2D eigenvalue weighted by Crippen LogP contribution is -2.42. The summed E-state index contributed by atoms with van der Waals surface area (Å²) in [6.45, 7) is 0.662. The van der Waals surface area contributed by atoms with Gasteiger partial charge in [-0.1, -0.05) is 66.7 Å². The number of para-hydroxylation sites is 2. The van der Waals surface area contributed by atoms with Crippen LogP contribution in [0.2, 0.25) is 0 Å². The van der Waals surface area contributed by atoms with E-state index in [0.717, 1.165) is 0 Å². The molecule has 2 atom stereocenters. The van der Waals surface area contributed by atoms with Crippen LogP contribution in [0, 0.1) is 0 Å². The maximum Gasteiger partial charge on any atom is 0.509 e. The first-order valence-electron chi connectivity index (χ1n) is 13.0. The van der Waals surface area contributed by atoms with Gasteiger partial charge in [-0.15, -0.1) is 0 Å². The van der Waals surface area contributed by atoms with Gasteiger partial charge in [-0.25, -0.2) is 4.79 Å². The van der Waals surface area contributed by atoms with Crippen LogP contribution in [0.4, 0.5) is 42.5 Å². The van der Waals surface area contributed by atoms with Gasteiger partial charge in [-0.05, 0) is 60.0 Å². The molecule has 222 valence electrons. The Bertz CT molecular complexity index is 1610. The van der Waals surface area contributed by atoms with Gasteiger partial charge < -0.3 is 9.47 Å². The topological polar surface area (TPSA) is 55.8 Å². The van der Waals surface area contributed by atoms with E-state index in [4.69, 9.17) is 9.47 Å². The molecule has 0 spiro atoms. The van der Waals surface area contributed by atoms with E-state index in [1.54, 1.807) is 91.9 Å². The van der Waals surface area contributed by atoms with Gasteiger partial charge in [0.2, 0.25) is 5.91 Å². The van der Waals surface area contributed by atoms with E-state index in [1.165, 1.54) is 4.90 Å². The second kappa shape index (κ2) is 11.1. The molecule has 0 saturated heterocycles. The molecule has 0 bridgehead atoms. The summed E-state index contributed by atoms with van der Waals surface area (Å²) in [5.41, 5.74) is -3.04. The number of amides is 1. The van der Waals surface area contributed by atoms with Crippen LogP contribution in [0.3, 0.4) is 0 Å². The normalized spacial score (nSPS) is 17.4. The maximum absolute atomic E-state index is 14.2. The molecule has 1 aliphatic heterocycles. The van der Waals surface area contributed by atoms with Crippen molar-refractivity contribution in [3.8, 4) is 0 Å². The van der Waals surface area contributed by atoms with E-state index in [0.29, 0.717) is 34.6 Å². The highest BCUT2D eigenvalue weighted by atomic mass is 19.4. The van der Waals surface area contributed by atoms with Gasteiger partial charge in [0.1, 0.15) is 18.1 Å². The Morgan fingerprint density at radius 1 is 0.791 bits per heavy atom. The third kappa shape index (κ3) is 5.79. The predicted octanol–water partition coefficient (Wildman–Crippen LogP) is 8.75. The first kappa shape index (κ1) is 29.7.